The largest absolute Gasteiger partial charge is 0.480 e. The van der Waals surface area contributed by atoms with Crippen LogP contribution in [0.15, 0.2) is 54.6 Å². The van der Waals surface area contributed by atoms with E-state index in [1.165, 1.54) is 0 Å². The fraction of sp³-hybridized carbons (Fsp3) is 0.190. The predicted molar refractivity (Wildman–Crippen MR) is 109 cm³/mol. The van der Waals surface area contributed by atoms with Crippen LogP contribution in [0.25, 0.3) is 10.8 Å². The van der Waals surface area contributed by atoms with Crippen molar-refractivity contribution in [1.82, 2.24) is 0 Å². The van der Waals surface area contributed by atoms with Crippen molar-refractivity contribution in [2.75, 3.05) is 0 Å². The molecule has 0 fully saturated rings. The molecule has 0 spiro atoms. The van der Waals surface area contributed by atoms with E-state index in [0.29, 0.717) is 35.8 Å². The van der Waals surface area contributed by atoms with Crippen LogP contribution in [0.3, 0.4) is 0 Å². The van der Waals surface area contributed by atoms with Gasteiger partial charge in [-0.25, -0.2) is 0 Å². The van der Waals surface area contributed by atoms with E-state index in [1.54, 1.807) is 0 Å². The van der Waals surface area contributed by atoms with Crippen molar-refractivity contribution in [3.63, 3.8) is 0 Å². The fourth-order valence-electron chi connectivity index (χ4n) is 3.46. The maximum atomic E-state index is 11.4. The molecule has 0 heterocycles. The lowest BCUT2D eigenvalue weighted by Gasteiger charge is -2.31. The van der Waals surface area contributed by atoms with Gasteiger partial charge in [-0.05, 0) is 59.7 Å². The van der Waals surface area contributed by atoms with Gasteiger partial charge in [-0.15, -0.1) is 12.4 Å². The highest BCUT2D eigenvalue weighted by molar-refractivity contribution is 6.35. The molecule has 1 aliphatic rings. The number of carboxylic acid groups (broad SMARTS) is 1. The number of carbonyl (C=O) groups is 1. The zero-order valence-corrected chi connectivity index (χ0v) is 16.0. The van der Waals surface area contributed by atoms with Gasteiger partial charge in [0, 0.05) is 16.8 Å². The monoisotopic (exact) mass is 403 g/mol. The molecule has 6 heteroatoms. The molecule has 1 unspecified atom stereocenters. The third-order valence-corrected chi connectivity index (χ3v) is 5.32. The molecular weight excluding hydrogens is 385 g/mol. The van der Waals surface area contributed by atoms with Crippen molar-refractivity contribution in [1.29, 1.82) is 0 Å². The molecule has 1 atom stereocenters. The third-order valence-electron chi connectivity index (χ3n) is 4.99. The number of hydrogen-bond acceptors (Lipinski definition) is 3. The van der Waals surface area contributed by atoms with Crippen molar-refractivity contribution >= 4 is 40.7 Å². The summed E-state index contributed by atoms with van der Waals surface area (Å²) in [6, 6.07) is 17.3. The highest BCUT2D eigenvalue weighted by Crippen LogP contribution is 2.33. The van der Waals surface area contributed by atoms with Crippen molar-refractivity contribution in [3.8, 4) is 11.5 Å². The van der Waals surface area contributed by atoms with Crippen LogP contribution in [0.4, 0.5) is 0 Å². The number of aliphatic carboxylic acids is 1. The highest BCUT2D eigenvalue weighted by Gasteiger charge is 2.37. The Balaban J connectivity index is 0.00000210. The Hall–Kier alpha value is -2.27. The molecule has 4 rings (SSSR count). The summed E-state index contributed by atoms with van der Waals surface area (Å²) in [5.41, 5.74) is 6.89. The maximum Gasteiger partial charge on any atom is 0.324 e. The van der Waals surface area contributed by atoms with Gasteiger partial charge in [0.25, 0.3) is 0 Å². The summed E-state index contributed by atoms with van der Waals surface area (Å²) in [5.74, 6) is 0.377. The van der Waals surface area contributed by atoms with Gasteiger partial charge in [0.1, 0.15) is 17.0 Å². The SMILES string of the molecule is Cl.NC1(C(=O)O)CCc2ccc(Oc3ccc4cccc(Cl)c4c3)cc2C1. The minimum absolute atomic E-state index is 0. The second-order valence-corrected chi connectivity index (χ2v) is 7.20. The normalized spacial score (nSPS) is 18.4. The molecule has 27 heavy (non-hydrogen) atoms. The summed E-state index contributed by atoms with van der Waals surface area (Å²) in [7, 11) is 0. The average molecular weight is 404 g/mol. The number of aryl methyl sites for hydroxylation is 1. The molecule has 0 saturated carbocycles. The lowest BCUT2D eigenvalue weighted by molar-refractivity contribution is -0.143. The van der Waals surface area contributed by atoms with Gasteiger partial charge >= 0.3 is 5.97 Å². The van der Waals surface area contributed by atoms with Crippen LogP contribution in [0.5, 0.6) is 11.5 Å². The molecule has 0 aromatic heterocycles. The molecule has 1 aliphatic carbocycles. The first-order valence-electron chi connectivity index (χ1n) is 8.45. The van der Waals surface area contributed by atoms with Crippen molar-refractivity contribution < 1.29 is 14.6 Å². The first-order chi connectivity index (χ1) is 12.4. The van der Waals surface area contributed by atoms with Crippen LogP contribution in [0, 0.1) is 0 Å². The minimum atomic E-state index is -1.21. The van der Waals surface area contributed by atoms with E-state index >= 15 is 0 Å². The Kier molecular flexibility index (Phi) is 5.33. The van der Waals surface area contributed by atoms with Gasteiger partial charge in [0.05, 0.1) is 0 Å². The summed E-state index contributed by atoms with van der Waals surface area (Å²) in [6.45, 7) is 0. The Labute approximate surface area is 168 Å². The van der Waals surface area contributed by atoms with Gasteiger partial charge < -0.3 is 15.6 Å². The second-order valence-electron chi connectivity index (χ2n) is 6.79. The zero-order valence-electron chi connectivity index (χ0n) is 14.4. The summed E-state index contributed by atoms with van der Waals surface area (Å²) in [4.78, 5) is 11.4. The number of fused-ring (bicyclic) bond motifs is 2. The first-order valence-corrected chi connectivity index (χ1v) is 8.83. The van der Waals surface area contributed by atoms with Crippen LogP contribution in [-0.4, -0.2) is 16.6 Å². The van der Waals surface area contributed by atoms with Crippen molar-refractivity contribution in [3.05, 3.63) is 70.7 Å². The standard InChI is InChI=1S/C21H18ClNO3.ClH/c22-19-3-1-2-14-5-7-17(11-18(14)19)26-16-6-4-13-8-9-21(23,20(24)25)12-15(13)10-16;/h1-7,10-11H,8-9,12,23H2,(H,24,25);1H. The van der Waals surface area contributed by atoms with E-state index in [-0.39, 0.29) is 12.4 Å². The Morgan fingerprint density at radius 1 is 1.07 bits per heavy atom. The smallest absolute Gasteiger partial charge is 0.324 e. The molecule has 3 aromatic rings. The molecule has 0 aliphatic heterocycles. The predicted octanol–water partition coefficient (Wildman–Crippen LogP) is 4.98. The summed E-state index contributed by atoms with van der Waals surface area (Å²) in [6.07, 6.45) is 1.40. The lowest BCUT2D eigenvalue weighted by atomic mass is 9.78. The van der Waals surface area contributed by atoms with Crippen LogP contribution in [-0.2, 0) is 17.6 Å². The topological polar surface area (TPSA) is 72.6 Å². The first kappa shape index (κ1) is 19.5. The number of nitrogens with two attached hydrogens (primary N) is 1. The van der Waals surface area contributed by atoms with Crippen molar-refractivity contribution in [2.24, 2.45) is 5.73 Å². The Morgan fingerprint density at radius 2 is 1.81 bits per heavy atom. The number of halogens is 2. The highest BCUT2D eigenvalue weighted by atomic mass is 35.5. The summed E-state index contributed by atoms with van der Waals surface area (Å²) in [5, 5.41) is 12.0. The Bertz CT molecular complexity index is 1020. The van der Waals surface area contributed by atoms with Gasteiger partial charge in [-0.1, -0.05) is 35.9 Å². The van der Waals surface area contributed by atoms with Gasteiger partial charge in [-0.2, -0.15) is 0 Å². The van der Waals surface area contributed by atoms with E-state index in [2.05, 4.69) is 0 Å². The molecule has 140 valence electrons. The quantitative estimate of drug-likeness (QED) is 0.646. The molecule has 0 bridgehead atoms. The molecular formula is C21H19Cl2NO3. The van der Waals surface area contributed by atoms with Gasteiger partial charge in [-0.3, -0.25) is 4.79 Å². The number of hydrogen-bond donors (Lipinski definition) is 2. The minimum Gasteiger partial charge on any atom is -0.480 e. The molecule has 0 saturated heterocycles. The average Bonchev–Trinajstić information content (AvgIpc) is 2.62. The summed E-state index contributed by atoms with van der Waals surface area (Å²) >= 11 is 6.26. The molecule has 3 aromatic carbocycles. The summed E-state index contributed by atoms with van der Waals surface area (Å²) < 4.78 is 5.99. The molecule has 0 radical (unpaired) electrons. The van der Waals surface area contributed by atoms with Crippen LogP contribution in [0.1, 0.15) is 17.5 Å². The molecule has 0 amide bonds. The molecule has 3 N–H and O–H groups in total. The number of ether oxygens (including phenoxy) is 1. The fourth-order valence-corrected chi connectivity index (χ4v) is 3.69. The second kappa shape index (κ2) is 7.39. The van der Waals surface area contributed by atoms with Gasteiger partial charge in [0.2, 0.25) is 0 Å². The lowest BCUT2D eigenvalue weighted by Crippen LogP contribution is -2.52. The Morgan fingerprint density at radius 3 is 2.59 bits per heavy atom. The number of carboxylic acids is 1. The maximum absolute atomic E-state index is 11.4. The zero-order chi connectivity index (χ0) is 18.3. The number of benzene rings is 3. The van der Waals surface area contributed by atoms with Gasteiger partial charge in [0.15, 0.2) is 0 Å². The van der Waals surface area contributed by atoms with E-state index in [1.807, 2.05) is 54.6 Å². The van der Waals surface area contributed by atoms with E-state index < -0.39 is 11.5 Å². The van der Waals surface area contributed by atoms with Crippen molar-refractivity contribution in [2.45, 2.75) is 24.8 Å². The third kappa shape index (κ3) is 3.74. The van der Waals surface area contributed by atoms with Crippen LogP contribution >= 0.6 is 24.0 Å². The molecule has 4 nitrogen and oxygen atoms in total. The van der Waals surface area contributed by atoms with Crippen LogP contribution in [0.2, 0.25) is 5.02 Å². The number of rotatable bonds is 3. The van der Waals surface area contributed by atoms with Crippen LogP contribution < -0.4 is 10.5 Å². The van der Waals surface area contributed by atoms with E-state index in [4.69, 9.17) is 22.1 Å². The van der Waals surface area contributed by atoms with E-state index in [9.17, 15) is 9.90 Å². The van der Waals surface area contributed by atoms with E-state index in [0.717, 1.165) is 21.9 Å².